The van der Waals surface area contributed by atoms with E-state index in [1.54, 1.807) is 14.2 Å². The lowest BCUT2D eigenvalue weighted by atomic mass is 9.94. The van der Waals surface area contributed by atoms with E-state index in [-0.39, 0.29) is 41.5 Å². The van der Waals surface area contributed by atoms with Crippen LogP contribution in [0.5, 0.6) is 0 Å². The van der Waals surface area contributed by atoms with E-state index in [1.165, 1.54) is 0 Å². The Labute approximate surface area is 147 Å². The summed E-state index contributed by atoms with van der Waals surface area (Å²) in [4.78, 5) is 24.1. The van der Waals surface area contributed by atoms with Crippen molar-refractivity contribution in [3.8, 4) is 0 Å². The number of nitrogens with one attached hydrogen (secondary N) is 2. The third kappa shape index (κ3) is 8.64. The molecule has 142 valence electrons. The van der Waals surface area contributed by atoms with Gasteiger partial charge in [-0.25, -0.2) is 0 Å². The van der Waals surface area contributed by atoms with Gasteiger partial charge in [0.1, 0.15) is 0 Å². The number of carbonyl (C=O) groups excluding carboxylic acids is 2. The standard InChI is InChI=1S/C18H36N2O4/c1-9-18(6,24-8)11-14(3)20-15(21)12-19-16(22)13(2)10-17(4,5)23-7/h13-14H,9-12H2,1-8H3,(H,19,22)(H,20,21). The maximum absolute atomic E-state index is 12.1. The summed E-state index contributed by atoms with van der Waals surface area (Å²) in [5.74, 6) is -0.552. The molecule has 6 nitrogen and oxygen atoms in total. The van der Waals surface area contributed by atoms with Crippen LogP contribution >= 0.6 is 0 Å². The first kappa shape index (κ1) is 22.9. The zero-order chi connectivity index (χ0) is 19.0. The molecule has 3 atom stereocenters. The molecule has 0 bridgehead atoms. The van der Waals surface area contributed by atoms with E-state index in [1.807, 2.05) is 34.6 Å². The van der Waals surface area contributed by atoms with Crippen LogP contribution in [0.15, 0.2) is 0 Å². The van der Waals surface area contributed by atoms with E-state index in [2.05, 4.69) is 17.6 Å². The smallest absolute Gasteiger partial charge is 0.239 e. The van der Waals surface area contributed by atoms with Gasteiger partial charge >= 0.3 is 0 Å². The fraction of sp³-hybridized carbons (Fsp3) is 0.889. The van der Waals surface area contributed by atoms with Crippen LogP contribution in [0.4, 0.5) is 0 Å². The molecule has 24 heavy (non-hydrogen) atoms. The molecule has 0 aromatic heterocycles. The predicted molar refractivity (Wildman–Crippen MR) is 95.8 cm³/mol. The van der Waals surface area contributed by atoms with Gasteiger partial charge in [-0.2, -0.15) is 0 Å². The zero-order valence-corrected chi connectivity index (χ0v) is 16.6. The van der Waals surface area contributed by atoms with Crippen LogP contribution in [0.2, 0.25) is 0 Å². The van der Waals surface area contributed by atoms with Crippen molar-refractivity contribution >= 4 is 11.8 Å². The van der Waals surface area contributed by atoms with Crippen LogP contribution in [-0.4, -0.2) is 49.8 Å². The third-order valence-electron chi connectivity index (χ3n) is 4.61. The quantitative estimate of drug-likeness (QED) is 0.603. The Morgan fingerprint density at radius 3 is 2.08 bits per heavy atom. The van der Waals surface area contributed by atoms with Gasteiger partial charge in [0.15, 0.2) is 0 Å². The van der Waals surface area contributed by atoms with E-state index in [9.17, 15) is 9.59 Å². The van der Waals surface area contributed by atoms with Crippen molar-refractivity contribution in [3.63, 3.8) is 0 Å². The van der Waals surface area contributed by atoms with Gasteiger partial charge in [-0.05, 0) is 47.0 Å². The Morgan fingerprint density at radius 2 is 1.62 bits per heavy atom. The molecule has 0 rings (SSSR count). The zero-order valence-electron chi connectivity index (χ0n) is 16.6. The maximum Gasteiger partial charge on any atom is 0.239 e. The summed E-state index contributed by atoms with van der Waals surface area (Å²) >= 11 is 0. The summed E-state index contributed by atoms with van der Waals surface area (Å²) in [5.41, 5.74) is -0.617. The summed E-state index contributed by atoms with van der Waals surface area (Å²) in [6, 6.07) is -0.0239. The first-order valence-electron chi connectivity index (χ1n) is 8.66. The van der Waals surface area contributed by atoms with Crippen LogP contribution in [0, 0.1) is 5.92 Å². The van der Waals surface area contributed by atoms with Gasteiger partial charge in [0.05, 0.1) is 17.7 Å². The number of hydrogen-bond donors (Lipinski definition) is 2. The SMILES string of the molecule is CCC(C)(CC(C)NC(=O)CNC(=O)C(C)CC(C)(C)OC)OC. The van der Waals surface area contributed by atoms with Crippen LogP contribution in [0.1, 0.15) is 60.8 Å². The predicted octanol–water partition coefficient (Wildman–Crippen LogP) is 2.26. The fourth-order valence-electron chi connectivity index (χ4n) is 2.65. The van der Waals surface area contributed by atoms with Crippen molar-refractivity contribution in [2.45, 2.75) is 78.0 Å². The molecule has 0 saturated heterocycles. The molecule has 0 aliphatic rings. The Kier molecular flexibility index (Phi) is 9.51. The third-order valence-corrected chi connectivity index (χ3v) is 4.61. The second kappa shape index (κ2) is 9.99. The Balaban J connectivity index is 4.28. The average molecular weight is 344 g/mol. The molecule has 0 heterocycles. The topological polar surface area (TPSA) is 76.7 Å². The highest BCUT2D eigenvalue weighted by Crippen LogP contribution is 2.21. The molecule has 0 fully saturated rings. The first-order valence-corrected chi connectivity index (χ1v) is 8.66. The monoisotopic (exact) mass is 344 g/mol. The largest absolute Gasteiger partial charge is 0.379 e. The van der Waals surface area contributed by atoms with Crippen molar-refractivity contribution in [3.05, 3.63) is 0 Å². The summed E-state index contributed by atoms with van der Waals surface area (Å²) in [7, 11) is 3.31. The van der Waals surface area contributed by atoms with Gasteiger partial charge in [-0.3, -0.25) is 9.59 Å². The summed E-state index contributed by atoms with van der Waals surface area (Å²) in [6.07, 6.45) is 2.18. The van der Waals surface area contributed by atoms with Crippen molar-refractivity contribution in [2.75, 3.05) is 20.8 Å². The minimum atomic E-state index is -0.363. The highest BCUT2D eigenvalue weighted by molar-refractivity contribution is 5.85. The molecule has 2 N–H and O–H groups in total. The number of methoxy groups -OCH3 is 2. The second-order valence-corrected chi connectivity index (χ2v) is 7.47. The summed E-state index contributed by atoms with van der Waals surface area (Å²) < 4.78 is 10.8. The van der Waals surface area contributed by atoms with Gasteiger partial charge in [0.2, 0.25) is 11.8 Å². The molecule has 0 aliphatic carbocycles. The second-order valence-electron chi connectivity index (χ2n) is 7.47. The number of carbonyl (C=O) groups is 2. The van der Waals surface area contributed by atoms with E-state index >= 15 is 0 Å². The first-order chi connectivity index (χ1) is 11.0. The highest BCUT2D eigenvalue weighted by atomic mass is 16.5. The molecule has 3 unspecified atom stereocenters. The van der Waals surface area contributed by atoms with E-state index in [4.69, 9.17) is 9.47 Å². The highest BCUT2D eigenvalue weighted by Gasteiger charge is 2.26. The number of ether oxygens (including phenoxy) is 2. The van der Waals surface area contributed by atoms with Crippen LogP contribution in [-0.2, 0) is 19.1 Å². The van der Waals surface area contributed by atoms with Crippen LogP contribution in [0.3, 0.4) is 0 Å². The molecular formula is C18H36N2O4. The van der Waals surface area contributed by atoms with Gasteiger partial charge in [-0.1, -0.05) is 13.8 Å². The molecular weight excluding hydrogens is 308 g/mol. The van der Waals surface area contributed by atoms with Crippen LogP contribution < -0.4 is 10.6 Å². The lowest BCUT2D eigenvalue weighted by Gasteiger charge is -2.30. The number of hydrogen-bond acceptors (Lipinski definition) is 4. The molecule has 0 aromatic rings. The molecule has 0 saturated carbocycles. The Morgan fingerprint density at radius 1 is 1.04 bits per heavy atom. The summed E-state index contributed by atoms with van der Waals surface area (Å²) in [6.45, 7) is 11.7. The molecule has 6 heteroatoms. The minimum absolute atomic E-state index is 0.0171. The van der Waals surface area contributed by atoms with Gasteiger partial charge in [0.25, 0.3) is 0 Å². The average Bonchev–Trinajstić information content (AvgIpc) is 2.51. The van der Waals surface area contributed by atoms with Crippen molar-refractivity contribution in [1.29, 1.82) is 0 Å². The fourth-order valence-corrected chi connectivity index (χ4v) is 2.65. The van der Waals surface area contributed by atoms with E-state index in [0.717, 1.165) is 12.8 Å². The Hall–Kier alpha value is -1.14. The lowest BCUT2D eigenvalue weighted by molar-refractivity contribution is -0.130. The van der Waals surface area contributed by atoms with Gasteiger partial charge in [-0.15, -0.1) is 0 Å². The van der Waals surface area contributed by atoms with E-state index < -0.39 is 0 Å². The molecule has 0 radical (unpaired) electrons. The normalized spacial score (nSPS) is 16.8. The summed E-state index contributed by atoms with van der Waals surface area (Å²) in [5, 5.41) is 5.59. The Bertz CT molecular complexity index is 406. The molecule has 2 amide bonds. The molecule has 0 spiro atoms. The van der Waals surface area contributed by atoms with Crippen LogP contribution in [0.25, 0.3) is 0 Å². The van der Waals surface area contributed by atoms with Gasteiger partial charge in [0, 0.05) is 26.2 Å². The van der Waals surface area contributed by atoms with Gasteiger partial charge < -0.3 is 20.1 Å². The van der Waals surface area contributed by atoms with Crippen molar-refractivity contribution in [1.82, 2.24) is 10.6 Å². The maximum atomic E-state index is 12.1. The molecule has 0 aromatic carbocycles. The minimum Gasteiger partial charge on any atom is -0.379 e. The van der Waals surface area contributed by atoms with E-state index in [0.29, 0.717) is 6.42 Å². The van der Waals surface area contributed by atoms with Crippen molar-refractivity contribution in [2.24, 2.45) is 5.92 Å². The van der Waals surface area contributed by atoms with Crippen molar-refractivity contribution < 1.29 is 19.1 Å². The number of amides is 2. The molecule has 0 aliphatic heterocycles. The number of rotatable bonds is 11. The lowest BCUT2D eigenvalue weighted by Crippen LogP contribution is -2.45.